The summed E-state index contributed by atoms with van der Waals surface area (Å²) >= 11 is 0. The summed E-state index contributed by atoms with van der Waals surface area (Å²) in [4.78, 5) is 2.24. The van der Waals surface area contributed by atoms with Crippen LogP contribution in [0.25, 0.3) is 0 Å². The number of nitrogens with zero attached hydrogens (tertiary/aromatic N) is 1. The van der Waals surface area contributed by atoms with Crippen molar-refractivity contribution in [2.45, 2.75) is 39.4 Å². The minimum Gasteiger partial charge on any atom is -0.299 e. The molecule has 0 amide bonds. The molecule has 0 N–H and O–H groups in total. The molecule has 0 aliphatic carbocycles. The van der Waals surface area contributed by atoms with E-state index < -0.39 is 11.7 Å². The second kappa shape index (κ2) is 5.53. The fourth-order valence-corrected chi connectivity index (χ4v) is 2.60. The second-order valence-electron chi connectivity index (χ2n) is 5.66. The standard InChI is InChI=1S/C15H20F3N/c1-11-3-5-19(6-4-11)10-13-7-12(2)8-14(9-13)15(16,17)18/h7-9,11H,3-6,10H2,1-2H3. The number of alkyl halides is 3. The smallest absolute Gasteiger partial charge is 0.299 e. The molecule has 19 heavy (non-hydrogen) atoms. The highest BCUT2D eigenvalue weighted by atomic mass is 19.4. The molecule has 0 bridgehead atoms. The molecule has 1 heterocycles. The van der Waals surface area contributed by atoms with Gasteiger partial charge in [-0.15, -0.1) is 0 Å². The number of benzene rings is 1. The van der Waals surface area contributed by atoms with E-state index >= 15 is 0 Å². The summed E-state index contributed by atoms with van der Waals surface area (Å²) in [5.41, 5.74) is 0.907. The van der Waals surface area contributed by atoms with E-state index in [9.17, 15) is 13.2 Å². The third kappa shape index (κ3) is 3.96. The highest BCUT2D eigenvalue weighted by molar-refractivity contribution is 5.31. The van der Waals surface area contributed by atoms with E-state index in [4.69, 9.17) is 0 Å². The van der Waals surface area contributed by atoms with Crippen molar-refractivity contribution in [2.24, 2.45) is 5.92 Å². The lowest BCUT2D eigenvalue weighted by atomic mass is 9.98. The summed E-state index contributed by atoms with van der Waals surface area (Å²) < 4.78 is 38.3. The van der Waals surface area contributed by atoms with Crippen LogP contribution in [0.5, 0.6) is 0 Å². The van der Waals surface area contributed by atoms with Crippen LogP contribution in [0.4, 0.5) is 13.2 Å². The average molecular weight is 271 g/mol. The van der Waals surface area contributed by atoms with Crippen LogP contribution < -0.4 is 0 Å². The van der Waals surface area contributed by atoms with E-state index in [1.165, 1.54) is 12.1 Å². The lowest BCUT2D eigenvalue weighted by Crippen LogP contribution is -2.32. The van der Waals surface area contributed by atoms with Crippen molar-refractivity contribution in [3.8, 4) is 0 Å². The van der Waals surface area contributed by atoms with Crippen LogP contribution in [0.1, 0.15) is 36.5 Å². The van der Waals surface area contributed by atoms with Crippen LogP contribution in [0.3, 0.4) is 0 Å². The van der Waals surface area contributed by atoms with Gasteiger partial charge in [0.15, 0.2) is 0 Å². The van der Waals surface area contributed by atoms with Crippen molar-refractivity contribution >= 4 is 0 Å². The molecule has 0 aromatic heterocycles. The molecule has 106 valence electrons. The molecule has 1 aliphatic rings. The zero-order valence-corrected chi connectivity index (χ0v) is 11.4. The van der Waals surface area contributed by atoms with E-state index in [1.54, 1.807) is 6.92 Å². The van der Waals surface area contributed by atoms with Crippen molar-refractivity contribution in [3.05, 3.63) is 34.9 Å². The third-order valence-corrected chi connectivity index (χ3v) is 3.75. The number of likely N-dealkylation sites (tertiary alicyclic amines) is 1. The SMILES string of the molecule is Cc1cc(CN2CCC(C)CC2)cc(C(F)(F)F)c1. The Morgan fingerprint density at radius 1 is 1.16 bits per heavy atom. The van der Waals surface area contributed by atoms with Crippen LogP contribution in [0.2, 0.25) is 0 Å². The minimum absolute atomic E-state index is 0.534. The molecule has 4 heteroatoms. The normalized spacial score (nSPS) is 18.8. The molecule has 1 nitrogen and oxygen atoms in total. The first-order chi connectivity index (χ1) is 8.84. The van der Waals surface area contributed by atoms with Gasteiger partial charge in [-0.05, 0) is 56.5 Å². The van der Waals surface area contributed by atoms with Gasteiger partial charge in [-0.25, -0.2) is 0 Å². The summed E-state index contributed by atoms with van der Waals surface area (Å²) in [5, 5.41) is 0. The van der Waals surface area contributed by atoms with Crippen molar-refractivity contribution in [1.29, 1.82) is 0 Å². The largest absolute Gasteiger partial charge is 0.416 e. The van der Waals surface area contributed by atoms with Gasteiger partial charge in [0.2, 0.25) is 0 Å². The molecular formula is C15H20F3N. The van der Waals surface area contributed by atoms with Crippen molar-refractivity contribution in [2.75, 3.05) is 13.1 Å². The molecule has 0 unspecified atom stereocenters. The van der Waals surface area contributed by atoms with Gasteiger partial charge in [-0.2, -0.15) is 13.2 Å². The molecule has 0 atom stereocenters. The Morgan fingerprint density at radius 3 is 2.37 bits per heavy atom. The summed E-state index contributed by atoms with van der Waals surface area (Å²) in [6.45, 7) is 6.53. The molecule has 1 aliphatic heterocycles. The fourth-order valence-electron chi connectivity index (χ4n) is 2.60. The fraction of sp³-hybridized carbons (Fsp3) is 0.600. The summed E-state index contributed by atoms with van der Waals surface area (Å²) in [6, 6.07) is 4.35. The number of piperidine rings is 1. The lowest BCUT2D eigenvalue weighted by molar-refractivity contribution is -0.137. The molecule has 0 saturated carbocycles. The predicted molar refractivity (Wildman–Crippen MR) is 69.9 cm³/mol. The first-order valence-electron chi connectivity index (χ1n) is 6.75. The Labute approximate surface area is 112 Å². The first kappa shape index (κ1) is 14.4. The van der Waals surface area contributed by atoms with E-state index in [2.05, 4.69) is 11.8 Å². The van der Waals surface area contributed by atoms with E-state index in [0.29, 0.717) is 12.1 Å². The van der Waals surface area contributed by atoms with E-state index in [1.807, 2.05) is 6.07 Å². The van der Waals surface area contributed by atoms with Gasteiger partial charge in [-0.1, -0.05) is 18.6 Å². The Hall–Kier alpha value is -1.03. The van der Waals surface area contributed by atoms with Crippen LogP contribution in [0, 0.1) is 12.8 Å². The summed E-state index contributed by atoms with van der Waals surface area (Å²) in [6.07, 6.45) is -1.98. The van der Waals surface area contributed by atoms with Gasteiger partial charge in [0.1, 0.15) is 0 Å². The van der Waals surface area contributed by atoms with Crippen molar-refractivity contribution in [3.63, 3.8) is 0 Å². The number of hydrogen-bond donors (Lipinski definition) is 0. The zero-order chi connectivity index (χ0) is 14.0. The number of hydrogen-bond acceptors (Lipinski definition) is 1. The Bertz CT molecular complexity index is 432. The maximum absolute atomic E-state index is 12.8. The second-order valence-corrected chi connectivity index (χ2v) is 5.66. The van der Waals surface area contributed by atoms with Crippen LogP contribution in [-0.4, -0.2) is 18.0 Å². The first-order valence-corrected chi connectivity index (χ1v) is 6.75. The minimum atomic E-state index is -4.25. The van der Waals surface area contributed by atoms with Crippen LogP contribution in [0.15, 0.2) is 18.2 Å². The van der Waals surface area contributed by atoms with Gasteiger partial charge < -0.3 is 0 Å². The molecule has 1 saturated heterocycles. The average Bonchev–Trinajstić information content (AvgIpc) is 2.30. The number of rotatable bonds is 2. The zero-order valence-electron chi connectivity index (χ0n) is 11.4. The third-order valence-electron chi connectivity index (χ3n) is 3.75. The van der Waals surface area contributed by atoms with E-state index in [0.717, 1.165) is 37.4 Å². The molecule has 1 fully saturated rings. The van der Waals surface area contributed by atoms with Gasteiger partial charge >= 0.3 is 6.18 Å². The van der Waals surface area contributed by atoms with Gasteiger partial charge in [-0.3, -0.25) is 4.90 Å². The Morgan fingerprint density at radius 2 is 1.79 bits per heavy atom. The summed E-state index contributed by atoms with van der Waals surface area (Å²) in [7, 11) is 0. The molecule has 1 aromatic carbocycles. The van der Waals surface area contributed by atoms with Crippen LogP contribution in [-0.2, 0) is 12.7 Å². The van der Waals surface area contributed by atoms with Crippen molar-refractivity contribution in [1.82, 2.24) is 4.90 Å². The topological polar surface area (TPSA) is 3.24 Å². The summed E-state index contributed by atoms with van der Waals surface area (Å²) in [5.74, 6) is 0.736. The maximum atomic E-state index is 12.8. The highest BCUT2D eigenvalue weighted by Gasteiger charge is 2.31. The molecular weight excluding hydrogens is 251 g/mol. The van der Waals surface area contributed by atoms with Gasteiger partial charge in [0.05, 0.1) is 5.56 Å². The Balaban J connectivity index is 2.10. The predicted octanol–water partition coefficient (Wildman–Crippen LogP) is 4.25. The van der Waals surface area contributed by atoms with Gasteiger partial charge in [0.25, 0.3) is 0 Å². The Kier molecular flexibility index (Phi) is 4.19. The molecule has 2 rings (SSSR count). The quantitative estimate of drug-likeness (QED) is 0.777. The number of aryl methyl sites for hydroxylation is 1. The molecule has 0 spiro atoms. The van der Waals surface area contributed by atoms with Crippen LogP contribution >= 0.6 is 0 Å². The van der Waals surface area contributed by atoms with E-state index in [-0.39, 0.29) is 0 Å². The maximum Gasteiger partial charge on any atom is 0.416 e. The number of halogens is 3. The molecule has 0 radical (unpaired) electrons. The molecule has 1 aromatic rings. The van der Waals surface area contributed by atoms with Crippen molar-refractivity contribution < 1.29 is 13.2 Å². The van der Waals surface area contributed by atoms with Gasteiger partial charge in [0, 0.05) is 6.54 Å². The highest BCUT2D eigenvalue weighted by Crippen LogP contribution is 2.31. The lowest BCUT2D eigenvalue weighted by Gasteiger charge is -2.30. The monoisotopic (exact) mass is 271 g/mol.